The second-order valence-corrected chi connectivity index (χ2v) is 8.74. The molecule has 3 atom stereocenters. The molecule has 1 aromatic carbocycles. The Kier molecular flexibility index (Phi) is 5.65. The molecule has 8 heteroatoms. The van der Waals surface area contributed by atoms with E-state index in [4.69, 9.17) is 4.84 Å². The van der Waals surface area contributed by atoms with Crippen molar-refractivity contribution in [2.45, 2.75) is 19.1 Å². The molecule has 0 saturated carbocycles. The van der Waals surface area contributed by atoms with Crippen LogP contribution in [0.25, 0.3) is 0 Å². The van der Waals surface area contributed by atoms with Gasteiger partial charge in [0.15, 0.2) is 0 Å². The highest BCUT2D eigenvalue weighted by Crippen LogP contribution is 2.37. The topological polar surface area (TPSA) is 66.8 Å². The molecule has 23 heavy (non-hydrogen) atoms. The van der Waals surface area contributed by atoms with E-state index in [9.17, 15) is 14.7 Å². The standard InChI is InChI=1S/C15H12I3NO4/c16-9-5-6-10(17)12(18)11(9)15(22)23-19-13(20)7-3-1-2-4-8(7)14(19)21/h1-2,5-8,15,22H,3-4H2/t7?,8?,15-/m0/s1. The third-order valence-electron chi connectivity index (χ3n) is 4.00. The zero-order chi connectivity index (χ0) is 16.7. The van der Waals surface area contributed by atoms with Crippen molar-refractivity contribution in [2.75, 3.05) is 0 Å². The second-order valence-electron chi connectivity index (χ2n) is 5.34. The van der Waals surface area contributed by atoms with E-state index in [0.717, 1.165) is 15.8 Å². The van der Waals surface area contributed by atoms with Crippen LogP contribution in [0.3, 0.4) is 0 Å². The molecule has 1 aliphatic carbocycles. The van der Waals surface area contributed by atoms with Crippen molar-refractivity contribution >= 4 is 79.6 Å². The van der Waals surface area contributed by atoms with Gasteiger partial charge in [0.25, 0.3) is 11.8 Å². The van der Waals surface area contributed by atoms with E-state index in [1.54, 1.807) is 0 Å². The van der Waals surface area contributed by atoms with Gasteiger partial charge in [-0.25, -0.2) is 4.84 Å². The number of allylic oxidation sites excluding steroid dienone is 2. The Morgan fingerprint density at radius 2 is 1.57 bits per heavy atom. The highest BCUT2D eigenvalue weighted by molar-refractivity contribution is 14.1. The summed E-state index contributed by atoms with van der Waals surface area (Å²) in [6.45, 7) is 0. The van der Waals surface area contributed by atoms with Crippen LogP contribution in [-0.2, 0) is 14.4 Å². The van der Waals surface area contributed by atoms with Gasteiger partial charge in [0.2, 0.25) is 6.29 Å². The minimum atomic E-state index is -1.36. The Morgan fingerprint density at radius 1 is 1.04 bits per heavy atom. The first-order chi connectivity index (χ1) is 10.9. The zero-order valence-corrected chi connectivity index (χ0v) is 18.2. The van der Waals surface area contributed by atoms with Crippen LogP contribution >= 0.6 is 67.8 Å². The molecule has 1 aliphatic heterocycles. The van der Waals surface area contributed by atoms with Gasteiger partial charge in [0.1, 0.15) is 0 Å². The van der Waals surface area contributed by atoms with Crippen LogP contribution < -0.4 is 0 Å². The predicted molar refractivity (Wildman–Crippen MR) is 108 cm³/mol. The summed E-state index contributed by atoms with van der Waals surface area (Å²) in [5.74, 6) is -1.46. The molecule has 3 rings (SSSR count). The van der Waals surface area contributed by atoms with Crippen LogP contribution in [0.1, 0.15) is 24.7 Å². The highest BCUT2D eigenvalue weighted by Gasteiger charge is 2.49. The number of hydrogen-bond acceptors (Lipinski definition) is 4. The smallest absolute Gasteiger partial charge is 0.257 e. The van der Waals surface area contributed by atoms with E-state index in [0.29, 0.717) is 18.4 Å². The number of amides is 2. The van der Waals surface area contributed by atoms with Crippen molar-refractivity contribution in [3.8, 4) is 0 Å². The van der Waals surface area contributed by atoms with Crippen molar-refractivity contribution in [1.29, 1.82) is 0 Å². The summed E-state index contributed by atoms with van der Waals surface area (Å²) in [4.78, 5) is 30.1. The van der Waals surface area contributed by atoms with Crippen LogP contribution in [0.15, 0.2) is 24.3 Å². The Balaban J connectivity index is 1.84. The van der Waals surface area contributed by atoms with Crippen molar-refractivity contribution < 1.29 is 19.5 Å². The number of carbonyl (C=O) groups excluding carboxylic acids is 2. The summed E-state index contributed by atoms with van der Waals surface area (Å²) < 4.78 is 2.64. The van der Waals surface area contributed by atoms with Crippen molar-refractivity contribution in [3.63, 3.8) is 0 Å². The summed E-state index contributed by atoms with van der Waals surface area (Å²) in [7, 11) is 0. The van der Waals surface area contributed by atoms with E-state index in [1.165, 1.54) is 0 Å². The number of aliphatic hydroxyl groups is 1. The quantitative estimate of drug-likeness (QED) is 0.179. The second kappa shape index (κ2) is 7.22. The van der Waals surface area contributed by atoms with Crippen molar-refractivity contribution in [3.05, 3.63) is 40.6 Å². The molecule has 1 fully saturated rings. The normalized spacial score (nSPS) is 25.0. The van der Waals surface area contributed by atoms with Gasteiger partial charge < -0.3 is 5.11 Å². The van der Waals surface area contributed by atoms with E-state index < -0.39 is 6.29 Å². The van der Waals surface area contributed by atoms with E-state index in [1.807, 2.05) is 24.3 Å². The van der Waals surface area contributed by atoms with Gasteiger partial charge in [-0.3, -0.25) is 9.59 Å². The molecule has 1 saturated heterocycles. The Labute approximate surface area is 174 Å². The Morgan fingerprint density at radius 3 is 2.13 bits per heavy atom. The number of rotatable bonds is 3. The zero-order valence-electron chi connectivity index (χ0n) is 11.7. The fourth-order valence-corrected chi connectivity index (χ4v) is 5.23. The number of halogens is 3. The monoisotopic (exact) mass is 651 g/mol. The van der Waals surface area contributed by atoms with Gasteiger partial charge in [-0.15, -0.1) is 5.06 Å². The number of imide groups is 1. The van der Waals surface area contributed by atoms with Gasteiger partial charge >= 0.3 is 0 Å². The maximum Gasteiger partial charge on any atom is 0.257 e. The molecule has 0 bridgehead atoms. The Hall–Kier alpha value is 0.210. The number of fused-ring (bicyclic) bond motifs is 1. The van der Waals surface area contributed by atoms with Gasteiger partial charge in [0, 0.05) is 16.3 Å². The fourth-order valence-electron chi connectivity index (χ4n) is 2.80. The van der Waals surface area contributed by atoms with Gasteiger partial charge in [-0.05, 0) is 92.7 Å². The molecule has 2 amide bonds. The summed E-state index contributed by atoms with van der Waals surface area (Å²) in [5, 5.41) is 11.2. The molecule has 0 aromatic heterocycles. The molecule has 0 spiro atoms. The van der Waals surface area contributed by atoms with E-state index in [2.05, 4.69) is 67.8 Å². The number of aliphatic hydroxyl groups excluding tert-OH is 1. The summed E-state index contributed by atoms with van der Waals surface area (Å²) in [6, 6.07) is 3.80. The third-order valence-corrected chi connectivity index (χ3v) is 8.03. The van der Waals surface area contributed by atoms with Crippen molar-refractivity contribution in [1.82, 2.24) is 5.06 Å². The third kappa shape index (κ3) is 3.33. The molecule has 1 N–H and O–H groups in total. The van der Waals surface area contributed by atoms with Crippen LogP contribution in [-0.4, -0.2) is 22.0 Å². The van der Waals surface area contributed by atoms with Crippen LogP contribution in [0.4, 0.5) is 0 Å². The molecule has 5 nitrogen and oxygen atoms in total. The Bertz CT molecular complexity index is 680. The van der Waals surface area contributed by atoms with E-state index in [-0.39, 0.29) is 23.7 Å². The average molecular weight is 651 g/mol. The fraction of sp³-hybridized carbons (Fsp3) is 0.333. The lowest BCUT2D eigenvalue weighted by molar-refractivity contribution is -0.249. The molecule has 1 heterocycles. The number of hydrogen-bond donors (Lipinski definition) is 1. The number of hydroxylamine groups is 2. The first kappa shape index (κ1) is 18.0. The van der Waals surface area contributed by atoms with Crippen LogP contribution in [0.2, 0.25) is 0 Å². The van der Waals surface area contributed by atoms with Gasteiger partial charge in [0.05, 0.1) is 11.8 Å². The summed E-state index contributed by atoms with van der Waals surface area (Å²) in [6.07, 6.45) is 3.56. The molecule has 0 radical (unpaired) electrons. The number of benzene rings is 1. The molecular formula is C15H12I3NO4. The lowest BCUT2D eigenvalue weighted by Gasteiger charge is -2.21. The largest absolute Gasteiger partial charge is 0.362 e. The van der Waals surface area contributed by atoms with Crippen molar-refractivity contribution in [2.24, 2.45) is 11.8 Å². The summed E-state index contributed by atoms with van der Waals surface area (Å²) in [5.41, 5.74) is 0.576. The molecule has 2 aliphatic rings. The van der Waals surface area contributed by atoms with Crippen LogP contribution in [0.5, 0.6) is 0 Å². The highest BCUT2D eigenvalue weighted by atomic mass is 127. The van der Waals surface area contributed by atoms with Gasteiger partial charge in [-0.1, -0.05) is 12.2 Å². The maximum absolute atomic E-state index is 12.4. The molecule has 1 aromatic rings. The van der Waals surface area contributed by atoms with Gasteiger partial charge in [-0.2, -0.15) is 0 Å². The predicted octanol–water partition coefficient (Wildman–Crippen LogP) is 3.37. The average Bonchev–Trinajstić information content (AvgIpc) is 2.77. The first-order valence-electron chi connectivity index (χ1n) is 6.93. The lowest BCUT2D eigenvalue weighted by atomic mass is 9.85. The minimum absolute atomic E-state index is 0.362. The lowest BCUT2D eigenvalue weighted by Crippen LogP contribution is -2.33. The van der Waals surface area contributed by atoms with Crippen LogP contribution in [0, 0.1) is 22.5 Å². The SMILES string of the molecule is O=C1C2CC=CCC2C(=O)N1O[C@H](O)c1c(I)ccc(I)c1I. The summed E-state index contributed by atoms with van der Waals surface area (Å²) >= 11 is 6.39. The first-order valence-corrected chi connectivity index (χ1v) is 10.2. The minimum Gasteiger partial charge on any atom is -0.362 e. The molecular weight excluding hydrogens is 639 g/mol. The molecule has 122 valence electrons. The van der Waals surface area contributed by atoms with E-state index >= 15 is 0 Å². The maximum atomic E-state index is 12.4. The number of nitrogens with zero attached hydrogens (tertiary/aromatic N) is 1. The molecule has 2 unspecified atom stereocenters. The number of carbonyl (C=O) groups is 2.